The lowest BCUT2D eigenvalue weighted by Gasteiger charge is -2.45. The number of nitrogens with one attached hydrogen (secondary N) is 1. The van der Waals surface area contributed by atoms with E-state index < -0.39 is 0 Å². The Morgan fingerprint density at radius 2 is 1.97 bits per heavy atom. The van der Waals surface area contributed by atoms with Gasteiger partial charge in [0.05, 0.1) is 23.0 Å². The number of carbonyl (C=O) groups is 1. The first-order valence-electron chi connectivity index (χ1n) is 11.3. The Hall–Kier alpha value is -2.55. The molecule has 1 aliphatic rings. The Bertz CT molecular complexity index is 1220. The number of carbonyl (C=O) groups excluding carboxylic acids is 1. The molecule has 1 fully saturated rings. The van der Waals surface area contributed by atoms with E-state index in [9.17, 15) is 4.79 Å². The second-order valence-electron chi connectivity index (χ2n) is 8.65. The van der Waals surface area contributed by atoms with Crippen molar-refractivity contribution in [3.05, 3.63) is 76.5 Å². The van der Waals surface area contributed by atoms with Gasteiger partial charge in [-0.25, -0.2) is 0 Å². The molecule has 1 saturated heterocycles. The number of halogens is 1. The largest absolute Gasteiger partial charge is 0.383 e. The molecule has 4 aromatic rings. The van der Waals surface area contributed by atoms with Gasteiger partial charge in [0.2, 0.25) is 0 Å². The van der Waals surface area contributed by atoms with Crippen LogP contribution in [0.1, 0.15) is 11.3 Å². The Morgan fingerprint density at radius 1 is 1.15 bits per heavy atom. The van der Waals surface area contributed by atoms with Crippen LogP contribution in [-0.2, 0) is 22.6 Å². The van der Waals surface area contributed by atoms with E-state index in [1.54, 1.807) is 24.6 Å². The van der Waals surface area contributed by atoms with E-state index in [0.717, 1.165) is 51.7 Å². The Labute approximate surface area is 208 Å². The van der Waals surface area contributed by atoms with Gasteiger partial charge in [0.15, 0.2) is 0 Å². The van der Waals surface area contributed by atoms with Gasteiger partial charge >= 0.3 is 0 Å². The summed E-state index contributed by atoms with van der Waals surface area (Å²) in [5.41, 5.74) is 4.53. The van der Waals surface area contributed by atoms with Crippen molar-refractivity contribution < 1.29 is 9.53 Å². The molecule has 1 N–H and O–H groups in total. The minimum Gasteiger partial charge on any atom is -0.383 e. The van der Waals surface area contributed by atoms with Crippen molar-refractivity contribution in [1.29, 1.82) is 0 Å². The van der Waals surface area contributed by atoms with Gasteiger partial charge in [0.1, 0.15) is 6.29 Å². The quantitative estimate of drug-likeness (QED) is 0.355. The highest BCUT2D eigenvalue weighted by molar-refractivity contribution is 7.19. The first-order chi connectivity index (χ1) is 16.6. The fraction of sp³-hybridized carbons (Fsp3) is 0.308. The zero-order chi connectivity index (χ0) is 23.5. The number of H-pyrrole nitrogens is 1. The molecule has 4 heterocycles. The maximum atomic E-state index is 12.3. The zero-order valence-electron chi connectivity index (χ0n) is 19.0. The minimum atomic E-state index is -0.245. The third-order valence-corrected chi connectivity index (χ3v) is 7.76. The van der Waals surface area contributed by atoms with Crippen LogP contribution in [0.2, 0.25) is 4.34 Å². The third kappa shape index (κ3) is 4.94. The Balaban J connectivity index is 1.30. The van der Waals surface area contributed by atoms with Crippen molar-refractivity contribution >= 4 is 40.1 Å². The number of hydrogen-bond donors (Lipinski definition) is 1. The van der Waals surface area contributed by atoms with Crippen molar-refractivity contribution in [2.24, 2.45) is 0 Å². The summed E-state index contributed by atoms with van der Waals surface area (Å²) in [6.45, 7) is 3.63. The van der Waals surface area contributed by atoms with E-state index in [2.05, 4.69) is 50.1 Å². The van der Waals surface area contributed by atoms with Gasteiger partial charge in [-0.2, -0.15) is 0 Å². The Morgan fingerprint density at radius 3 is 2.68 bits per heavy atom. The molecule has 0 radical (unpaired) electrons. The van der Waals surface area contributed by atoms with Gasteiger partial charge in [0, 0.05) is 67.2 Å². The van der Waals surface area contributed by atoms with E-state index >= 15 is 0 Å². The molecular weight excluding hydrogens is 468 g/mol. The van der Waals surface area contributed by atoms with Crippen LogP contribution in [-0.4, -0.2) is 64.9 Å². The minimum absolute atomic E-state index is 0.0157. The van der Waals surface area contributed by atoms with Crippen molar-refractivity contribution in [2.75, 3.05) is 26.8 Å². The van der Waals surface area contributed by atoms with Crippen molar-refractivity contribution in [3.63, 3.8) is 0 Å². The van der Waals surface area contributed by atoms with E-state index in [0.29, 0.717) is 13.2 Å². The Kier molecular flexibility index (Phi) is 7.08. The average Bonchev–Trinajstić information content (AvgIpc) is 3.47. The molecule has 2 atom stereocenters. The first-order valence-corrected chi connectivity index (χ1v) is 12.5. The number of ether oxygens (including phenoxy) is 1. The normalized spacial score (nSPS) is 19.6. The van der Waals surface area contributed by atoms with Crippen LogP contribution >= 0.6 is 22.9 Å². The van der Waals surface area contributed by atoms with Crippen molar-refractivity contribution in [2.45, 2.75) is 25.2 Å². The van der Waals surface area contributed by atoms with Gasteiger partial charge < -0.3 is 14.5 Å². The number of nitrogens with zero attached hydrogens (tertiary/aromatic N) is 3. The molecule has 0 bridgehead atoms. The van der Waals surface area contributed by atoms with E-state index in [-0.39, 0.29) is 12.1 Å². The predicted molar refractivity (Wildman–Crippen MR) is 137 cm³/mol. The highest BCUT2D eigenvalue weighted by atomic mass is 35.5. The van der Waals surface area contributed by atoms with Gasteiger partial charge in [-0.15, -0.1) is 11.3 Å². The molecule has 34 heavy (non-hydrogen) atoms. The summed E-state index contributed by atoms with van der Waals surface area (Å²) in [7, 11) is 1.70. The molecule has 5 rings (SSSR count). The number of benzene rings is 1. The van der Waals surface area contributed by atoms with E-state index in [1.807, 2.05) is 24.4 Å². The summed E-state index contributed by atoms with van der Waals surface area (Å²) < 4.78 is 6.35. The molecule has 1 unspecified atom stereocenters. The summed E-state index contributed by atoms with van der Waals surface area (Å²) in [5, 5.41) is 1.08. The fourth-order valence-electron chi connectivity index (χ4n) is 4.78. The summed E-state index contributed by atoms with van der Waals surface area (Å²) in [4.78, 5) is 25.7. The highest BCUT2D eigenvalue weighted by Gasteiger charge is 2.36. The molecule has 8 heteroatoms. The number of hydrogen-bond acceptors (Lipinski definition) is 6. The molecule has 3 aromatic heterocycles. The van der Waals surface area contributed by atoms with Gasteiger partial charge in [-0.1, -0.05) is 35.9 Å². The van der Waals surface area contributed by atoms with Gasteiger partial charge in [0.25, 0.3) is 0 Å². The van der Waals surface area contributed by atoms with Crippen molar-refractivity contribution in [1.82, 2.24) is 19.8 Å². The highest BCUT2D eigenvalue weighted by Crippen LogP contribution is 2.31. The number of methoxy groups -OCH3 is 1. The van der Waals surface area contributed by atoms with Crippen LogP contribution in [0, 0.1) is 0 Å². The van der Waals surface area contributed by atoms with E-state index in [1.165, 1.54) is 11.1 Å². The summed E-state index contributed by atoms with van der Waals surface area (Å²) in [5.74, 6) is 0. The standard InChI is InChI=1S/C26H27ClN4O2S/c1-33-17-24-23(16-32)31(15-21-12-20-13-28-9-8-22(20)29-21)11-10-30(24)14-18-2-4-19(5-3-18)25-6-7-26(27)34-25/h2-9,12-13,16,23-24,29H,10-11,14-15,17H2,1H3/t23?,24-/m1/s1. The molecule has 0 aliphatic carbocycles. The monoisotopic (exact) mass is 494 g/mol. The summed E-state index contributed by atoms with van der Waals surface area (Å²) in [6.07, 6.45) is 4.71. The second kappa shape index (κ2) is 10.4. The molecular formula is C26H27ClN4O2S. The van der Waals surface area contributed by atoms with Crippen LogP contribution in [0.15, 0.2) is 60.9 Å². The van der Waals surface area contributed by atoms with Crippen molar-refractivity contribution in [3.8, 4) is 10.4 Å². The maximum absolute atomic E-state index is 12.3. The predicted octanol–water partition coefficient (Wildman–Crippen LogP) is 4.85. The molecule has 0 spiro atoms. The van der Waals surface area contributed by atoms with Gasteiger partial charge in [-0.3, -0.25) is 14.8 Å². The smallest absolute Gasteiger partial charge is 0.138 e. The second-order valence-corrected chi connectivity index (χ2v) is 10.4. The molecule has 0 amide bonds. The number of pyridine rings is 1. The summed E-state index contributed by atoms with van der Waals surface area (Å²) >= 11 is 7.67. The SMILES string of the molecule is COC[C@@H]1C(C=O)N(Cc2cc3cnccc3[nH]2)CCN1Cc1ccc(-c2ccc(Cl)s2)cc1. The number of thiophene rings is 1. The molecule has 0 saturated carbocycles. The molecule has 176 valence electrons. The average molecular weight is 495 g/mol. The third-order valence-electron chi connectivity index (χ3n) is 6.48. The van der Waals surface area contributed by atoms with Crippen LogP contribution in [0.4, 0.5) is 0 Å². The number of aromatic nitrogens is 2. The first kappa shape index (κ1) is 23.2. The van der Waals surface area contributed by atoms with E-state index in [4.69, 9.17) is 16.3 Å². The number of fused-ring (bicyclic) bond motifs is 1. The number of aldehydes is 1. The van der Waals surface area contributed by atoms with Crippen LogP contribution < -0.4 is 0 Å². The van der Waals surface area contributed by atoms with Crippen LogP contribution in [0.25, 0.3) is 21.3 Å². The van der Waals surface area contributed by atoms with Gasteiger partial charge in [-0.05, 0) is 35.4 Å². The van der Waals surface area contributed by atoms with Crippen LogP contribution in [0.3, 0.4) is 0 Å². The lowest BCUT2D eigenvalue weighted by atomic mass is 10.0. The number of aromatic amines is 1. The molecule has 1 aromatic carbocycles. The number of rotatable bonds is 8. The zero-order valence-corrected chi connectivity index (χ0v) is 20.6. The maximum Gasteiger partial charge on any atom is 0.138 e. The number of piperazine rings is 1. The molecule has 1 aliphatic heterocycles. The fourth-order valence-corrected chi connectivity index (χ4v) is 5.83. The van der Waals surface area contributed by atoms with Crippen LogP contribution in [0.5, 0.6) is 0 Å². The lowest BCUT2D eigenvalue weighted by Crippen LogP contribution is -2.61. The topological polar surface area (TPSA) is 61.5 Å². The lowest BCUT2D eigenvalue weighted by molar-refractivity contribution is -0.120. The summed E-state index contributed by atoms with van der Waals surface area (Å²) in [6, 6.07) is 16.4. The molecule has 6 nitrogen and oxygen atoms in total.